The molecule has 20 heavy (non-hydrogen) atoms. The third-order valence-corrected chi connectivity index (χ3v) is 2.32. The Balaban J connectivity index is 2.34. The molecule has 0 unspecified atom stereocenters. The normalized spacial score (nSPS) is 11.0. The summed E-state index contributed by atoms with van der Waals surface area (Å²) in [6.07, 6.45) is -0.747. The maximum atomic E-state index is 11.4. The zero-order valence-corrected chi connectivity index (χ0v) is 11.0. The molecule has 0 radical (unpaired) electrons. The van der Waals surface area contributed by atoms with Gasteiger partial charge in [0, 0.05) is 5.69 Å². The van der Waals surface area contributed by atoms with E-state index in [1.807, 2.05) is 0 Å². The Morgan fingerprint density at radius 1 is 1.35 bits per heavy atom. The molecule has 0 aromatic heterocycles. The van der Waals surface area contributed by atoms with Crippen LogP contribution in [0.2, 0.25) is 0 Å². The Morgan fingerprint density at radius 2 is 2.00 bits per heavy atom. The lowest BCUT2D eigenvalue weighted by Crippen LogP contribution is -2.39. The number of alkyl carbamates (subject to hydrolysis) is 1. The van der Waals surface area contributed by atoms with Gasteiger partial charge in [0.2, 0.25) is 0 Å². The fourth-order valence-corrected chi connectivity index (χ4v) is 1.27. The number of carbonyl (C=O) groups is 2. The van der Waals surface area contributed by atoms with Crippen LogP contribution in [0.15, 0.2) is 24.3 Å². The number of ether oxygens (including phenoxy) is 2. The first kappa shape index (κ1) is 15.3. The van der Waals surface area contributed by atoms with E-state index >= 15 is 0 Å². The van der Waals surface area contributed by atoms with Crippen LogP contribution in [0.1, 0.15) is 12.5 Å². The summed E-state index contributed by atoms with van der Waals surface area (Å²) in [6, 6.07) is 7.62. The second-order valence-corrected chi connectivity index (χ2v) is 3.95. The highest BCUT2D eigenvalue weighted by molar-refractivity contribution is 5.80. The number of nitrogen functional groups attached to an aromatic ring is 1. The van der Waals surface area contributed by atoms with E-state index in [0.717, 1.165) is 5.56 Å². The van der Waals surface area contributed by atoms with Gasteiger partial charge in [0.15, 0.2) is 6.61 Å². The molecule has 0 aliphatic carbocycles. The molecule has 3 N–H and O–H groups in total. The van der Waals surface area contributed by atoms with Crippen LogP contribution in [0.3, 0.4) is 0 Å². The molecule has 0 spiro atoms. The van der Waals surface area contributed by atoms with Gasteiger partial charge in [0.25, 0.3) is 0 Å². The summed E-state index contributed by atoms with van der Waals surface area (Å²) in [4.78, 5) is 22.7. The molecule has 1 amide bonds. The van der Waals surface area contributed by atoms with Gasteiger partial charge in [-0.1, -0.05) is 12.1 Å². The monoisotopic (exact) mass is 277 g/mol. The molecule has 0 saturated carbocycles. The van der Waals surface area contributed by atoms with Crippen LogP contribution in [0.25, 0.3) is 0 Å². The lowest BCUT2D eigenvalue weighted by molar-refractivity contribution is -0.144. The van der Waals surface area contributed by atoms with Gasteiger partial charge >= 0.3 is 12.1 Å². The predicted octanol–water partition coefficient (Wildman–Crippen LogP) is 0.950. The van der Waals surface area contributed by atoms with Crippen LogP contribution in [-0.2, 0) is 20.9 Å². The van der Waals surface area contributed by atoms with Crippen molar-refractivity contribution in [2.24, 2.45) is 0 Å². The first-order valence-electron chi connectivity index (χ1n) is 5.84. The summed E-state index contributed by atoms with van der Waals surface area (Å²) < 4.78 is 9.48. The molecule has 7 heteroatoms. The lowest BCUT2D eigenvalue weighted by Gasteiger charge is -2.12. The lowest BCUT2D eigenvalue weighted by atomic mass is 10.2. The number of benzene rings is 1. The molecule has 0 saturated heterocycles. The van der Waals surface area contributed by atoms with Crippen molar-refractivity contribution in [2.75, 3.05) is 12.3 Å². The molecule has 0 fully saturated rings. The standard InChI is InChI=1S/C13H15N3O4/c1-9(12(17)19-7-6-14)16-13(18)20-8-10-2-4-11(15)5-3-10/h2-5,9H,7-8,15H2,1H3,(H,16,18)/t9-/m0/s1. The molecule has 0 aliphatic rings. The van der Waals surface area contributed by atoms with Crippen molar-refractivity contribution in [1.82, 2.24) is 5.32 Å². The van der Waals surface area contributed by atoms with Crippen molar-refractivity contribution < 1.29 is 19.1 Å². The Hall–Kier alpha value is -2.75. The van der Waals surface area contributed by atoms with E-state index in [4.69, 9.17) is 15.7 Å². The number of nitrogens with one attached hydrogen (secondary N) is 1. The highest BCUT2D eigenvalue weighted by atomic mass is 16.6. The van der Waals surface area contributed by atoms with Crippen LogP contribution in [-0.4, -0.2) is 24.7 Å². The molecule has 1 rings (SSSR count). The molecule has 0 bridgehead atoms. The topological polar surface area (TPSA) is 114 Å². The molecule has 1 atom stereocenters. The first-order chi connectivity index (χ1) is 9.52. The van der Waals surface area contributed by atoms with Gasteiger partial charge in [-0.15, -0.1) is 0 Å². The summed E-state index contributed by atoms with van der Waals surface area (Å²) in [6.45, 7) is 1.14. The Kier molecular flexibility index (Phi) is 5.84. The maximum absolute atomic E-state index is 11.4. The minimum Gasteiger partial charge on any atom is -0.449 e. The van der Waals surface area contributed by atoms with Gasteiger partial charge < -0.3 is 20.5 Å². The van der Waals surface area contributed by atoms with E-state index < -0.39 is 18.1 Å². The maximum Gasteiger partial charge on any atom is 0.408 e. The van der Waals surface area contributed by atoms with Crippen LogP contribution < -0.4 is 11.1 Å². The van der Waals surface area contributed by atoms with Gasteiger partial charge in [0.1, 0.15) is 18.7 Å². The number of nitrogens with zero attached hydrogens (tertiary/aromatic N) is 1. The number of hydrogen-bond acceptors (Lipinski definition) is 6. The summed E-state index contributed by atoms with van der Waals surface area (Å²) in [5, 5.41) is 10.6. The minimum absolute atomic E-state index is 0.0616. The van der Waals surface area contributed by atoms with Gasteiger partial charge in [-0.3, -0.25) is 0 Å². The van der Waals surface area contributed by atoms with Crippen molar-refractivity contribution >= 4 is 17.7 Å². The SMILES string of the molecule is C[C@H](NC(=O)OCc1ccc(N)cc1)C(=O)OCC#N. The van der Waals surface area contributed by atoms with E-state index in [9.17, 15) is 9.59 Å². The molecule has 106 valence electrons. The zero-order valence-electron chi connectivity index (χ0n) is 11.0. The number of rotatable bonds is 5. The third-order valence-electron chi connectivity index (χ3n) is 2.32. The fraction of sp³-hybridized carbons (Fsp3) is 0.308. The van der Waals surface area contributed by atoms with Crippen molar-refractivity contribution in [3.05, 3.63) is 29.8 Å². The Morgan fingerprint density at radius 3 is 2.60 bits per heavy atom. The van der Waals surface area contributed by atoms with Crippen molar-refractivity contribution in [3.8, 4) is 6.07 Å². The van der Waals surface area contributed by atoms with Gasteiger partial charge in [0.05, 0.1) is 0 Å². The summed E-state index contributed by atoms with van der Waals surface area (Å²) in [7, 11) is 0. The first-order valence-corrected chi connectivity index (χ1v) is 5.84. The second-order valence-electron chi connectivity index (χ2n) is 3.95. The summed E-state index contributed by atoms with van der Waals surface area (Å²) >= 11 is 0. The van der Waals surface area contributed by atoms with Crippen LogP contribution in [0, 0.1) is 11.3 Å². The molecule has 0 heterocycles. The number of anilines is 1. The zero-order chi connectivity index (χ0) is 15.0. The fourth-order valence-electron chi connectivity index (χ4n) is 1.27. The third kappa shape index (κ3) is 5.27. The van der Waals surface area contributed by atoms with Gasteiger partial charge in [-0.05, 0) is 24.6 Å². The number of hydrogen-bond donors (Lipinski definition) is 2. The number of amides is 1. The number of nitriles is 1. The van der Waals surface area contributed by atoms with Crippen molar-refractivity contribution in [1.29, 1.82) is 5.26 Å². The molecule has 1 aromatic rings. The molecular weight excluding hydrogens is 262 g/mol. The smallest absolute Gasteiger partial charge is 0.408 e. The average molecular weight is 277 g/mol. The Bertz CT molecular complexity index is 507. The quantitative estimate of drug-likeness (QED) is 0.611. The van der Waals surface area contributed by atoms with Crippen molar-refractivity contribution in [2.45, 2.75) is 19.6 Å². The van der Waals surface area contributed by atoms with E-state index in [0.29, 0.717) is 5.69 Å². The molecular formula is C13H15N3O4. The number of nitrogens with two attached hydrogens (primary N) is 1. The average Bonchev–Trinajstić information content (AvgIpc) is 2.44. The van der Waals surface area contributed by atoms with Crippen LogP contribution in [0.5, 0.6) is 0 Å². The number of carbonyl (C=O) groups excluding carboxylic acids is 2. The van der Waals surface area contributed by atoms with Gasteiger partial charge in [-0.25, -0.2) is 9.59 Å². The van der Waals surface area contributed by atoms with E-state index in [1.165, 1.54) is 6.92 Å². The summed E-state index contributed by atoms with van der Waals surface area (Å²) in [5.74, 6) is -0.698. The van der Waals surface area contributed by atoms with Crippen LogP contribution in [0.4, 0.5) is 10.5 Å². The van der Waals surface area contributed by atoms with Gasteiger partial charge in [-0.2, -0.15) is 5.26 Å². The van der Waals surface area contributed by atoms with E-state index in [-0.39, 0.29) is 13.2 Å². The molecule has 0 aliphatic heterocycles. The number of esters is 1. The Labute approximate surface area is 116 Å². The van der Waals surface area contributed by atoms with Crippen LogP contribution >= 0.6 is 0 Å². The predicted molar refractivity (Wildman–Crippen MR) is 70.2 cm³/mol. The van der Waals surface area contributed by atoms with Crippen molar-refractivity contribution in [3.63, 3.8) is 0 Å². The highest BCUT2D eigenvalue weighted by Gasteiger charge is 2.17. The van der Waals surface area contributed by atoms with E-state index in [1.54, 1.807) is 30.3 Å². The minimum atomic E-state index is -0.887. The summed E-state index contributed by atoms with van der Waals surface area (Å²) in [5.41, 5.74) is 6.92. The van der Waals surface area contributed by atoms with E-state index in [2.05, 4.69) is 10.1 Å². The largest absolute Gasteiger partial charge is 0.449 e. The highest BCUT2D eigenvalue weighted by Crippen LogP contribution is 2.06. The second kappa shape index (κ2) is 7.63. The molecule has 7 nitrogen and oxygen atoms in total. The molecule has 1 aromatic carbocycles.